The number of carbonyl (C=O) groups excluding carboxylic acids is 2. The molecular formula is C20H25BrN3O2+. The molecule has 5 nitrogen and oxygen atoms in total. The van der Waals surface area contributed by atoms with Crippen LogP contribution in [0.3, 0.4) is 0 Å². The van der Waals surface area contributed by atoms with Crippen LogP contribution in [0.15, 0.2) is 53.0 Å². The molecule has 0 radical (unpaired) electrons. The Morgan fingerprint density at radius 1 is 1.04 bits per heavy atom. The Balaban J connectivity index is 1.75. The van der Waals surface area contributed by atoms with E-state index < -0.39 is 0 Å². The van der Waals surface area contributed by atoms with Gasteiger partial charge in [0.2, 0.25) is 5.91 Å². The Morgan fingerprint density at radius 2 is 1.73 bits per heavy atom. The summed E-state index contributed by atoms with van der Waals surface area (Å²) in [4.78, 5) is 25.2. The van der Waals surface area contributed by atoms with Gasteiger partial charge in [0.1, 0.15) is 6.54 Å². The van der Waals surface area contributed by atoms with Crippen LogP contribution in [-0.2, 0) is 22.6 Å². The maximum atomic E-state index is 12.1. The lowest BCUT2D eigenvalue weighted by Crippen LogP contribution is -3.08. The van der Waals surface area contributed by atoms with E-state index in [1.54, 1.807) is 0 Å². The Hall–Kier alpha value is -2.18. The van der Waals surface area contributed by atoms with Crippen LogP contribution in [0.5, 0.6) is 0 Å². The molecule has 0 saturated carbocycles. The normalized spacial score (nSPS) is 11.7. The van der Waals surface area contributed by atoms with Gasteiger partial charge < -0.3 is 15.5 Å². The number of carbonyl (C=O) groups is 2. The van der Waals surface area contributed by atoms with Gasteiger partial charge in [-0.1, -0.05) is 53.2 Å². The molecule has 138 valence electrons. The van der Waals surface area contributed by atoms with Gasteiger partial charge in [-0.25, -0.2) is 0 Å². The molecule has 3 N–H and O–H groups in total. The molecule has 1 atom stereocenters. The Kier molecular flexibility index (Phi) is 7.81. The van der Waals surface area contributed by atoms with Crippen LogP contribution < -0.4 is 15.5 Å². The summed E-state index contributed by atoms with van der Waals surface area (Å²) in [5.74, 6) is -0.358. The van der Waals surface area contributed by atoms with Crippen LogP contribution in [0.1, 0.15) is 18.1 Å². The van der Waals surface area contributed by atoms with Gasteiger partial charge in [-0.15, -0.1) is 0 Å². The lowest BCUT2D eigenvalue weighted by atomic mass is 10.1. The van der Waals surface area contributed by atoms with Crippen molar-refractivity contribution in [3.8, 4) is 0 Å². The molecule has 0 aromatic heterocycles. The van der Waals surface area contributed by atoms with Crippen molar-refractivity contribution in [2.45, 2.75) is 19.9 Å². The minimum absolute atomic E-state index is 0.0254. The predicted octanol–water partition coefficient (Wildman–Crippen LogP) is 1.78. The van der Waals surface area contributed by atoms with Crippen molar-refractivity contribution in [1.29, 1.82) is 0 Å². The van der Waals surface area contributed by atoms with Gasteiger partial charge >= 0.3 is 0 Å². The van der Waals surface area contributed by atoms with Crippen LogP contribution >= 0.6 is 15.9 Å². The number of hydrogen-bond donors (Lipinski definition) is 3. The van der Waals surface area contributed by atoms with Gasteiger partial charge in [-0.05, 0) is 30.2 Å². The Labute approximate surface area is 162 Å². The third-order valence-corrected chi connectivity index (χ3v) is 4.53. The first-order valence-electron chi connectivity index (χ1n) is 8.68. The van der Waals surface area contributed by atoms with E-state index in [4.69, 9.17) is 0 Å². The minimum atomic E-state index is -0.218. The van der Waals surface area contributed by atoms with Crippen LogP contribution in [0.4, 0.5) is 5.69 Å². The number of nitrogens with one attached hydrogen (secondary N) is 3. The van der Waals surface area contributed by atoms with Crippen molar-refractivity contribution in [2.24, 2.45) is 0 Å². The molecule has 0 heterocycles. The summed E-state index contributed by atoms with van der Waals surface area (Å²) in [5, 5.41) is 5.54. The number of quaternary nitrogens is 1. The van der Waals surface area contributed by atoms with Crippen molar-refractivity contribution in [3.63, 3.8) is 0 Å². The molecule has 0 aliphatic carbocycles. The predicted molar refractivity (Wildman–Crippen MR) is 107 cm³/mol. The van der Waals surface area contributed by atoms with Crippen molar-refractivity contribution in [2.75, 3.05) is 25.5 Å². The summed E-state index contributed by atoms with van der Waals surface area (Å²) in [5.41, 5.74) is 3.03. The maximum absolute atomic E-state index is 12.1. The van der Waals surface area contributed by atoms with E-state index in [0.29, 0.717) is 6.54 Å². The first-order valence-corrected chi connectivity index (χ1v) is 9.47. The van der Waals surface area contributed by atoms with Gasteiger partial charge in [0.15, 0.2) is 6.54 Å². The summed E-state index contributed by atoms with van der Waals surface area (Å²) in [7, 11) is 1.96. The van der Waals surface area contributed by atoms with Crippen molar-refractivity contribution < 1.29 is 14.5 Å². The SMILES string of the molecule is CCc1ccccc1NC(=O)CNC(=O)C[NH+](C)Cc1ccc(Br)cc1. The third kappa shape index (κ3) is 6.61. The molecule has 0 aliphatic heterocycles. The monoisotopic (exact) mass is 418 g/mol. The number of para-hydroxylation sites is 1. The van der Waals surface area contributed by atoms with E-state index in [2.05, 4.69) is 26.6 Å². The highest BCUT2D eigenvalue weighted by Gasteiger charge is 2.12. The Morgan fingerprint density at radius 3 is 2.42 bits per heavy atom. The fourth-order valence-corrected chi connectivity index (χ4v) is 2.94. The Bertz CT molecular complexity index is 747. The molecule has 2 aromatic carbocycles. The molecule has 0 aliphatic rings. The second kappa shape index (κ2) is 10.1. The van der Waals surface area contributed by atoms with Crippen LogP contribution in [0, 0.1) is 0 Å². The lowest BCUT2D eigenvalue weighted by Gasteiger charge is -2.14. The third-order valence-electron chi connectivity index (χ3n) is 4.00. The first-order chi connectivity index (χ1) is 12.5. The van der Waals surface area contributed by atoms with E-state index in [1.807, 2.05) is 62.5 Å². The van der Waals surface area contributed by atoms with E-state index in [9.17, 15) is 9.59 Å². The molecule has 0 spiro atoms. The second-order valence-electron chi connectivity index (χ2n) is 6.27. The van der Waals surface area contributed by atoms with Gasteiger partial charge in [-0.2, -0.15) is 0 Å². The zero-order valence-electron chi connectivity index (χ0n) is 15.1. The number of likely N-dealkylation sites (N-methyl/N-ethyl adjacent to an activating group) is 1. The molecule has 6 heteroatoms. The van der Waals surface area contributed by atoms with Gasteiger partial charge in [0, 0.05) is 15.7 Å². The summed E-state index contributed by atoms with van der Waals surface area (Å²) in [6.45, 7) is 3.07. The highest BCUT2D eigenvalue weighted by Crippen LogP contribution is 2.14. The van der Waals surface area contributed by atoms with E-state index >= 15 is 0 Å². The van der Waals surface area contributed by atoms with Crippen molar-refractivity contribution >= 4 is 33.4 Å². The van der Waals surface area contributed by atoms with Crippen LogP contribution in [-0.4, -0.2) is 32.0 Å². The average Bonchev–Trinajstić information content (AvgIpc) is 2.62. The van der Waals surface area contributed by atoms with Crippen molar-refractivity contribution in [3.05, 3.63) is 64.1 Å². The molecule has 26 heavy (non-hydrogen) atoms. The van der Waals surface area contributed by atoms with Gasteiger partial charge in [0.05, 0.1) is 13.6 Å². The summed E-state index contributed by atoms with van der Waals surface area (Å²) in [6, 6.07) is 15.7. The maximum Gasteiger partial charge on any atom is 0.275 e. The summed E-state index contributed by atoms with van der Waals surface area (Å²) < 4.78 is 1.03. The molecule has 2 aromatic rings. The van der Waals surface area contributed by atoms with Crippen LogP contribution in [0.2, 0.25) is 0 Å². The average molecular weight is 419 g/mol. The largest absolute Gasteiger partial charge is 0.342 e. The lowest BCUT2D eigenvalue weighted by molar-refractivity contribution is -0.885. The highest BCUT2D eigenvalue weighted by atomic mass is 79.9. The molecule has 0 saturated heterocycles. The first kappa shape index (κ1) is 20.1. The molecule has 0 fully saturated rings. The standard InChI is InChI=1S/C20H24BrN3O2/c1-3-16-6-4-5-7-18(16)23-19(25)12-22-20(26)14-24(2)13-15-8-10-17(21)11-9-15/h4-11H,3,12-14H2,1-2H3,(H,22,26)(H,23,25)/p+1. The smallest absolute Gasteiger partial charge is 0.275 e. The van der Waals surface area contributed by atoms with Gasteiger partial charge in [0.25, 0.3) is 5.91 Å². The number of halogens is 1. The highest BCUT2D eigenvalue weighted by molar-refractivity contribution is 9.10. The summed E-state index contributed by atoms with van der Waals surface area (Å²) >= 11 is 3.41. The number of hydrogen-bond acceptors (Lipinski definition) is 2. The number of benzene rings is 2. The van der Waals surface area contributed by atoms with E-state index in [-0.39, 0.29) is 18.4 Å². The zero-order chi connectivity index (χ0) is 18.9. The fourth-order valence-electron chi connectivity index (χ4n) is 2.67. The van der Waals surface area contributed by atoms with Crippen molar-refractivity contribution in [1.82, 2.24) is 5.32 Å². The molecule has 0 bridgehead atoms. The minimum Gasteiger partial charge on any atom is -0.342 e. The van der Waals surface area contributed by atoms with Crippen LogP contribution in [0.25, 0.3) is 0 Å². The van der Waals surface area contributed by atoms with E-state index in [1.165, 1.54) is 0 Å². The number of anilines is 1. The zero-order valence-corrected chi connectivity index (χ0v) is 16.7. The number of rotatable bonds is 8. The molecule has 2 amide bonds. The number of amides is 2. The van der Waals surface area contributed by atoms with E-state index in [0.717, 1.165) is 39.2 Å². The second-order valence-corrected chi connectivity index (χ2v) is 7.19. The molecular weight excluding hydrogens is 394 g/mol. The number of aryl methyl sites for hydroxylation is 1. The quantitative estimate of drug-likeness (QED) is 0.611. The molecule has 2 rings (SSSR count). The van der Waals surface area contributed by atoms with Gasteiger partial charge in [-0.3, -0.25) is 9.59 Å². The summed E-state index contributed by atoms with van der Waals surface area (Å²) in [6.07, 6.45) is 0.840. The fraction of sp³-hybridized carbons (Fsp3) is 0.300. The topological polar surface area (TPSA) is 62.6 Å². The molecule has 1 unspecified atom stereocenters.